The molecule has 0 unspecified atom stereocenters. The summed E-state index contributed by atoms with van der Waals surface area (Å²) in [6, 6.07) is 9.34. The molecular weight excluding hydrogens is 488 g/mol. The van der Waals surface area contributed by atoms with Gasteiger partial charge in [0, 0.05) is 43.9 Å². The van der Waals surface area contributed by atoms with Gasteiger partial charge in [0.1, 0.15) is 12.3 Å². The molecule has 37 heavy (non-hydrogen) atoms. The summed E-state index contributed by atoms with van der Waals surface area (Å²) >= 11 is 0. The third kappa shape index (κ3) is 5.24. The Morgan fingerprint density at radius 1 is 0.919 bits per heavy atom. The summed E-state index contributed by atoms with van der Waals surface area (Å²) in [5, 5.41) is 11.0. The Labute approximate surface area is 210 Å². The molecule has 2 aliphatic rings. The Morgan fingerprint density at radius 2 is 1.54 bits per heavy atom. The van der Waals surface area contributed by atoms with Crippen molar-refractivity contribution in [2.75, 3.05) is 39.3 Å². The Kier molecular flexibility index (Phi) is 7.13. The first-order chi connectivity index (χ1) is 17.7. The molecule has 1 fully saturated rings. The number of rotatable bonds is 6. The number of imide groups is 1. The number of benzene rings is 2. The van der Waals surface area contributed by atoms with E-state index in [9.17, 15) is 34.1 Å². The van der Waals surface area contributed by atoms with Crippen molar-refractivity contribution in [2.45, 2.75) is 6.92 Å². The third-order valence-corrected chi connectivity index (χ3v) is 5.94. The van der Waals surface area contributed by atoms with Crippen molar-refractivity contribution in [2.24, 2.45) is 0 Å². The van der Waals surface area contributed by atoms with Gasteiger partial charge < -0.3 is 19.3 Å². The maximum atomic E-state index is 12.8. The van der Waals surface area contributed by atoms with Crippen molar-refractivity contribution in [3.63, 3.8) is 0 Å². The molecule has 2 aromatic rings. The summed E-state index contributed by atoms with van der Waals surface area (Å²) in [5.41, 5.74) is -0.0512. The maximum absolute atomic E-state index is 12.8. The Bertz CT molecular complexity index is 1280. The molecule has 4 amide bonds. The number of ether oxygens (including phenoxy) is 2. The van der Waals surface area contributed by atoms with Gasteiger partial charge in [-0.2, -0.15) is 0 Å². The van der Waals surface area contributed by atoms with Gasteiger partial charge in [-0.25, -0.2) is 4.79 Å². The quantitative estimate of drug-likeness (QED) is 0.185. The van der Waals surface area contributed by atoms with Crippen molar-refractivity contribution < 1.29 is 38.4 Å². The Balaban J connectivity index is 1.31. The van der Waals surface area contributed by atoms with E-state index in [2.05, 4.69) is 0 Å². The van der Waals surface area contributed by atoms with Gasteiger partial charge in [-0.15, -0.1) is 0 Å². The van der Waals surface area contributed by atoms with E-state index in [1.165, 1.54) is 35.2 Å². The molecule has 192 valence electrons. The maximum Gasteiger partial charge on any atom is 0.513 e. The van der Waals surface area contributed by atoms with Crippen molar-refractivity contribution in [3.05, 3.63) is 69.3 Å². The van der Waals surface area contributed by atoms with Gasteiger partial charge in [0.15, 0.2) is 0 Å². The van der Waals surface area contributed by atoms with Crippen LogP contribution in [0.3, 0.4) is 0 Å². The van der Waals surface area contributed by atoms with E-state index in [-0.39, 0.29) is 61.3 Å². The van der Waals surface area contributed by atoms with Gasteiger partial charge in [-0.05, 0) is 37.3 Å². The van der Waals surface area contributed by atoms with Crippen LogP contribution in [-0.4, -0.2) is 88.7 Å². The zero-order valence-corrected chi connectivity index (χ0v) is 19.7. The first-order valence-corrected chi connectivity index (χ1v) is 11.4. The summed E-state index contributed by atoms with van der Waals surface area (Å²) in [7, 11) is 0. The molecule has 0 radical (unpaired) electrons. The van der Waals surface area contributed by atoms with E-state index in [1.54, 1.807) is 11.8 Å². The number of carbonyl (C=O) groups excluding carboxylic acids is 5. The van der Waals surface area contributed by atoms with Crippen molar-refractivity contribution in [1.82, 2.24) is 14.7 Å². The summed E-state index contributed by atoms with van der Waals surface area (Å²) in [5.74, 6) is -1.96. The van der Waals surface area contributed by atoms with Gasteiger partial charge in [0.05, 0.1) is 22.7 Å². The van der Waals surface area contributed by atoms with Gasteiger partial charge in [0.25, 0.3) is 23.4 Å². The van der Waals surface area contributed by atoms with Gasteiger partial charge in [-0.3, -0.25) is 34.2 Å². The minimum atomic E-state index is -0.843. The zero-order valence-electron chi connectivity index (χ0n) is 19.7. The number of nitrogens with zero attached hydrogens (tertiary/aromatic N) is 4. The van der Waals surface area contributed by atoms with E-state index < -0.39 is 35.3 Å². The molecular formula is C24H22N4O9. The normalized spacial score (nSPS) is 14.9. The predicted octanol–water partition coefficient (Wildman–Crippen LogP) is 1.71. The first kappa shape index (κ1) is 25.3. The second kappa shape index (κ2) is 10.4. The number of piperazine rings is 1. The van der Waals surface area contributed by atoms with Crippen molar-refractivity contribution in [3.8, 4) is 5.75 Å². The van der Waals surface area contributed by atoms with Crippen LogP contribution in [0, 0.1) is 10.1 Å². The van der Waals surface area contributed by atoms with Crippen LogP contribution < -0.4 is 4.74 Å². The number of fused-ring (bicyclic) bond motifs is 1. The van der Waals surface area contributed by atoms with E-state index in [0.29, 0.717) is 5.56 Å². The lowest BCUT2D eigenvalue weighted by atomic mass is 10.1. The summed E-state index contributed by atoms with van der Waals surface area (Å²) < 4.78 is 9.67. The number of nitro benzene ring substituents is 1. The molecule has 2 heterocycles. The fourth-order valence-electron chi connectivity index (χ4n) is 4.02. The van der Waals surface area contributed by atoms with Crippen LogP contribution in [-0.2, 0) is 9.53 Å². The van der Waals surface area contributed by atoms with E-state index >= 15 is 0 Å². The third-order valence-electron chi connectivity index (χ3n) is 5.94. The molecule has 13 heteroatoms. The standard InChI is InChI=1S/C24H22N4O9/c1-2-36-24(33)37-17-6-3-15(4-7-17)21(30)26-11-9-25(10-12-26)20(29)14-27-22(31)18-8-5-16(28(34)35)13-19(18)23(27)32/h3-8,13H,2,9-12,14H2,1H3. The highest BCUT2D eigenvalue weighted by Gasteiger charge is 2.39. The lowest BCUT2D eigenvalue weighted by molar-refractivity contribution is -0.384. The summed E-state index contributed by atoms with van der Waals surface area (Å²) in [6.45, 7) is 2.19. The van der Waals surface area contributed by atoms with E-state index in [0.717, 1.165) is 17.0 Å². The highest BCUT2D eigenvalue weighted by molar-refractivity contribution is 6.22. The van der Waals surface area contributed by atoms with Gasteiger partial charge in [-0.1, -0.05) is 0 Å². The molecule has 13 nitrogen and oxygen atoms in total. The van der Waals surface area contributed by atoms with Crippen LogP contribution >= 0.6 is 0 Å². The average molecular weight is 510 g/mol. The molecule has 0 saturated carbocycles. The van der Waals surface area contributed by atoms with E-state index in [4.69, 9.17) is 9.47 Å². The minimum absolute atomic E-state index is 0.0116. The fourth-order valence-corrected chi connectivity index (χ4v) is 4.02. The molecule has 0 aliphatic carbocycles. The fraction of sp³-hybridized carbons (Fsp3) is 0.292. The van der Waals surface area contributed by atoms with Gasteiger partial charge in [0.2, 0.25) is 5.91 Å². The van der Waals surface area contributed by atoms with Crippen LogP contribution in [0.5, 0.6) is 5.75 Å². The Morgan fingerprint density at radius 3 is 2.16 bits per heavy atom. The van der Waals surface area contributed by atoms with E-state index in [1.807, 2.05) is 0 Å². The van der Waals surface area contributed by atoms with Gasteiger partial charge >= 0.3 is 6.16 Å². The van der Waals surface area contributed by atoms with Crippen LogP contribution in [0.4, 0.5) is 10.5 Å². The highest BCUT2D eigenvalue weighted by Crippen LogP contribution is 2.27. The lowest BCUT2D eigenvalue weighted by Crippen LogP contribution is -2.53. The van der Waals surface area contributed by atoms with Crippen LogP contribution in [0.15, 0.2) is 42.5 Å². The Hall–Kier alpha value is -4.81. The van der Waals surface area contributed by atoms with Crippen LogP contribution in [0.25, 0.3) is 0 Å². The highest BCUT2D eigenvalue weighted by atomic mass is 16.7. The second-order valence-corrected chi connectivity index (χ2v) is 8.17. The number of non-ortho nitro benzene ring substituents is 1. The predicted molar refractivity (Wildman–Crippen MR) is 125 cm³/mol. The molecule has 0 aromatic heterocycles. The summed E-state index contributed by atoms with van der Waals surface area (Å²) in [4.78, 5) is 76.3. The number of nitro groups is 1. The van der Waals surface area contributed by atoms with Crippen molar-refractivity contribution in [1.29, 1.82) is 0 Å². The lowest BCUT2D eigenvalue weighted by Gasteiger charge is -2.35. The molecule has 4 rings (SSSR count). The monoisotopic (exact) mass is 510 g/mol. The van der Waals surface area contributed by atoms with Crippen LogP contribution in [0.2, 0.25) is 0 Å². The first-order valence-electron chi connectivity index (χ1n) is 11.4. The SMILES string of the molecule is CCOC(=O)Oc1ccc(C(=O)N2CCN(C(=O)CN3C(=O)c4ccc([N+](=O)[O-])cc4C3=O)CC2)cc1. The smallest absolute Gasteiger partial charge is 0.434 e. The topological polar surface area (TPSA) is 157 Å². The average Bonchev–Trinajstić information content (AvgIpc) is 3.13. The molecule has 0 atom stereocenters. The van der Waals surface area contributed by atoms with Crippen LogP contribution in [0.1, 0.15) is 38.0 Å². The number of carbonyl (C=O) groups is 5. The molecule has 0 N–H and O–H groups in total. The molecule has 2 aromatic carbocycles. The van der Waals surface area contributed by atoms with Crippen molar-refractivity contribution >= 4 is 35.5 Å². The number of hydrogen-bond acceptors (Lipinski definition) is 9. The minimum Gasteiger partial charge on any atom is -0.434 e. The number of amides is 4. The molecule has 0 bridgehead atoms. The zero-order chi connectivity index (χ0) is 26.7. The largest absolute Gasteiger partial charge is 0.513 e. The second-order valence-electron chi connectivity index (χ2n) is 8.17. The number of hydrogen-bond donors (Lipinski definition) is 0. The molecule has 2 aliphatic heterocycles. The molecule has 1 saturated heterocycles. The summed E-state index contributed by atoms with van der Waals surface area (Å²) in [6.07, 6.45) is -0.843. The molecule has 0 spiro atoms.